The zero-order chi connectivity index (χ0) is 11.2. The van der Waals surface area contributed by atoms with Crippen molar-refractivity contribution in [3.05, 3.63) is 0 Å². The van der Waals surface area contributed by atoms with Crippen LogP contribution in [0.1, 0.15) is 12.8 Å². The van der Waals surface area contributed by atoms with Crippen LogP contribution in [-0.2, 0) is 14.8 Å². The SMILES string of the molecule is O=S(=O)(NC1C2CNCC21)C1CCOCC1. The first-order valence-electron chi connectivity index (χ1n) is 5.98. The maximum atomic E-state index is 12.1. The fraction of sp³-hybridized carbons (Fsp3) is 1.00. The van der Waals surface area contributed by atoms with E-state index in [-0.39, 0.29) is 11.3 Å². The number of ether oxygens (including phenoxy) is 1. The molecule has 3 aliphatic rings. The third-order valence-corrected chi connectivity index (χ3v) is 5.95. The van der Waals surface area contributed by atoms with Gasteiger partial charge in [-0.15, -0.1) is 0 Å². The van der Waals surface area contributed by atoms with E-state index in [2.05, 4.69) is 10.0 Å². The highest BCUT2D eigenvalue weighted by Crippen LogP contribution is 2.42. The van der Waals surface area contributed by atoms with Gasteiger partial charge in [-0.3, -0.25) is 0 Å². The van der Waals surface area contributed by atoms with E-state index in [0.717, 1.165) is 13.1 Å². The highest BCUT2D eigenvalue weighted by atomic mass is 32.2. The fourth-order valence-electron chi connectivity index (χ4n) is 2.87. The van der Waals surface area contributed by atoms with Gasteiger partial charge in [-0.05, 0) is 37.8 Å². The number of hydrogen-bond acceptors (Lipinski definition) is 4. The molecule has 1 aliphatic carbocycles. The smallest absolute Gasteiger partial charge is 0.214 e. The maximum Gasteiger partial charge on any atom is 0.214 e. The summed E-state index contributed by atoms with van der Waals surface area (Å²) >= 11 is 0. The van der Waals surface area contributed by atoms with Crippen molar-refractivity contribution in [3.63, 3.8) is 0 Å². The van der Waals surface area contributed by atoms with Gasteiger partial charge >= 0.3 is 0 Å². The number of hydrogen-bond donors (Lipinski definition) is 2. The minimum absolute atomic E-state index is 0.203. The molecule has 6 heteroatoms. The molecule has 2 saturated heterocycles. The van der Waals surface area contributed by atoms with Crippen molar-refractivity contribution in [3.8, 4) is 0 Å². The van der Waals surface area contributed by atoms with Gasteiger partial charge in [-0.2, -0.15) is 0 Å². The monoisotopic (exact) mass is 246 g/mol. The normalized spacial score (nSPS) is 39.6. The molecule has 5 nitrogen and oxygen atoms in total. The van der Waals surface area contributed by atoms with E-state index in [9.17, 15) is 8.42 Å². The zero-order valence-corrected chi connectivity index (χ0v) is 10.0. The molecule has 1 saturated carbocycles. The summed E-state index contributed by atoms with van der Waals surface area (Å²) in [6.45, 7) is 3.08. The predicted molar refractivity (Wildman–Crippen MR) is 59.5 cm³/mol. The van der Waals surface area contributed by atoms with Crippen molar-refractivity contribution in [2.75, 3.05) is 26.3 Å². The molecule has 0 aromatic carbocycles. The molecule has 2 unspecified atom stereocenters. The average molecular weight is 246 g/mol. The molecule has 2 N–H and O–H groups in total. The summed E-state index contributed by atoms with van der Waals surface area (Å²) in [5.74, 6) is 1.07. The van der Waals surface area contributed by atoms with Crippen molar-refractivity contribution < 1.29 is 13.2 Å². The predicted octanol–water partition coefficient (Wildman–Crippen LogP) is -0.697. The molecule has 0 aromatic heterocycles. The third-order valence-electron chi connectivity index (χ3n) is 4.00. The number of rotatable bonds is 3. The molecule has 0 bridgehead atoms. The van der Waals surface area contributed by atoms with Gasteiger partial charge in [-0.25, -0.2) is 13.1 Å². The van der Waals surface area contributed by atoms with Crippen molar-refractivity contribution in [2.24, 2.45) is 11.8 Å². The molecule has 2 aliphatic heterocycles. The summed E-state index contributed by atoms with van der Waals surface area (Å²) in [6.07, 6.45) is 1.27. The van der Waals surface area contributed by atoms with E-state index >= 15 is 0 Å². The van der Waals surface area contributed by atoms with Crippen LogP contribution in [0.2, 0.25) is 0 Å². The van der Waals surface area contributed by atoms with Crippen LogP contribution < -0.4 is 10.0 Å². The lowest BCUT2D eigenvalue weighted by Crippen LogP contribution is -2.41. The Bertz CT molecular complexity index is 354. The van der Waals surface area contributed by atoms with Crippen LogP contribution in [0.5, 0.6) is 0 Å². The fourth-order valence-corrected chi connectivity index (χ4v) is 4.60. The Morgan fingerprint density at radius 3 is 2.38 bits per heavy atom. The molecule has 0 amide bonds. The van der Waals surface area contributed by atoms with Crippen LogP contribution in [-0.4, -0.2) is 46.0 Å². The number of piperidine rings is 1. The summed E-state index contributed by atoms with van der Waals surface area (Å²) in [5, 5.41) is 3.02. The Balaban J connectivity index is 1.60. The molecule has 3 rings (SSSR count). The van der Waals surface area contributed by atoms with Crippen LogP contribution in [0.3, 0.4) is 0 Å². The second kappa shape index (κ2) is 3.94. The summed E-state index contributed by atoms with van der Waals surface area (Å²) in [4.78, 5) is 0. The van der Waals surface area contributed by atoms with E-state index in [1.165, 1.54) is 0 Å². The second-order valence-electron chi connectivity index (χ2n) is 4.99. The Kier molecular flexibility index (Phi) is 2.70. The van der Waals surface area contributed by atoms with Crippen LogP contribution in [0.15, 0.2) is 0 Å². The van der Waals surface area contributed by atoms with Crippen molar-refractivity contribution in [1.82, 2.24) is 10.0 Å². The van der Waals surface area contributed by atoms with Gasteiger partial charge in [0.05, 0.1) is 5.25 Å². The van der Waals surface area contributed by atoms with E-state index in [1.807, 2.05) is 0 Å². The molecule has 2 atom stereocenters. The standard InChI is InChI=1S/C10H18N2O3S/c13-16(14,7-1-3-15-4-2-7)12-10-8-5-11-6-9(8)10/h7-12H,1-6H2. The highest BCUT2D eigenvalue weighted by Gasteiger charge is 2.54. The molecule has 3 fully saturated rings. The van der Waals surface area contributed by atoms with Gasteiger partial charge in [0, 0.05) is 19.3 Å². The molecule has 92 valence electrons. The third kappa shape index (κ3) is 1.88. The molecule has 0 aromatic rings. The number of sulfonamides is 1. The number of nitrogens with one attached hydrogen (secondary N) is 2. The minimum atomic E-state index is -3.12. The number of fused-ring (bicyclic) bond motifs is 1. The van der Waals surface area contributed by atoms with Crippen molar-refractivity contribution in [2.45, 2.75) is 24.1 Å². The zero-order valence-electron chi connectivity index (χ0n) is 9.19. The summed E-state index contributed by atoms with van der Waals surface area (Å²) in [5.41, 5.74) is 0. The first kappa shape index (κ1) is 11.0. The van der Waals surface area contributed by atoms with Gasteiger partial charge < -0.3 is 10.1 Å². The van der Waals surface area contributed by atoms with E-state index in [1.54, 1.807) is 0 Å². The van der Waals surface area contributed by atoms with Crippen molar-refractivity contribution >= 4 is 10.0 Å². The van der Waals surface area contributed by atoms with Crippen LogP contribution in [0.25, 0.3) is 0 Å². The van der Waals surface area contributed by atoms with Crippen LogP contribution in [0, 0.1) is 11.8 Å². The molecular formula is C10H18N2O3S. The molecule has 16 heavy (non-hydrogen) atoms. The summed E-state index contributed by atoms with van der Waals surface area (Å²) in [6, 6.07) is 0.203. The Labute approximate surface area is 96.0 Å². The molecular weight excluding hydrogens is 228 g/mol. The van der Waals surface area contributed by atoms with Crippen molar-refractivity contribution in [1.29, 1.82) is 0 Å². The lowest BCUT2D eigenvalue weighted by molar-refractivity contribution is 0.0981. The van der Waals surface area contributed by atoms with Crippen LogP contribution >= 0.6 is 0 Å². The summed E-state index contributed by atoms with van der Waals surface area (Å²) < 4.78 is 32.2. The van der Waals surface area contributed by atoms with E-state index in [0.29, 0.717) is 37.9 Å². The molecule has 2 heterocycles. The van der Waals surface area contributed by atoms with Crippen LogP contribution in [0.4, 0.5) is 0 Å². The first-order valence-corrected chi connectivity index (χ1v) is 7.53. The quantitative estimate of drug-likeness (QED) is 0.691. The minimum Gasteiger partial charge on any atom is -0.381 e. The summed E-state index contributed by atoms with van der Waals surface area (Å²) in [7, 11) is -3.12. The largest absolute Gasteiger partial charge is 0.381 e. The first-order chi connectivity index (χ1) is 7.68. The van der Waals surface area contributed by atoms with Gasteiger partial charge in [0.2, 0.25) is 10.0 Å². The lowest BCUT2D eigenvalue weighted by atomic mass is 10.2. The maximum absolute atomic E-state index is 12.1. The molecule has 0 spiro atoms. The van der Waals surface area contributed by atoms with Gasteiger partial charge in [-0.1, -0.05) is 0 Å². The lowest BCUT2D eigenvalue weighted by Gasteiger charge is -2.22. The van der Waals surface area contributed by atoms with E-state index < -0.39 is 10.0 Å². The Morgan fingerprint density at radius 1 is 1.12 bits per heavy atom. The van der Waals surface area contributed by atoms with Gasteiger partial charge in [0.15, 0.2) is 0 Å². The van der Waals surface area contributed by atoms with E-state index in [4.69, 9.17) is 4.74 Å². The second-order valence-corrected chi connectivity index (χ2v) is 6.98. The molecule has 0 radical (unpaired) electrons. The Hall–Kier alpha value is -0.170. The topological polar surface area (TPSA) is 67.4 Å². The van der Waals surface area contributed by atoms with Gasteiger partial charge in [0.1, 0.15) is 0 Å². The van der Waals surface area contributed by atoms with Gasteiger partial charge in [0.25, 0.3) is 0 Å². The highest BCUT2D eigenvalue weighted by molar-refractivity contribution is 7.90. The average Bonchev–Trinajstić information content (AvgIpc) is 2.76. The Morgan fingerprint density at radius 2 is 1.75 bits per heavy atom.